The number of pyridine rings is 1. The van der Waals surface area contributed by atoms with Gasteiger partial charge in [0.25, 0.3) is 0 Å². The van der Waals surface area contributed by atoms with Gasteiger partial charge in [0.05, 0.1) is 6.10 Å². The number of hydrogen-bond donors (Lipinski definition) is 2. The molecule has 1 atom stereocenters. The number of fused-ring (bicyclic) bond motifs is 1. The normalized spacial score (nSPS) is 16.2. The van der Waals surface area contributed by atoms with E-state index in [0.29, 0.717) is 18.8 Å². The maximum absolute atomic E-state index is 13.5. The Morgan fingerprint density at radius 1 is 1.16 bits per heavy atom. The van der Waals surface area contributed by atoms with Crippen LogP contribution in [0.15, 0.2) is 30.3 Å². The SMILES string of the molecule is CC.CCC/C=C(/C)c1c(C)ccc(C(C(=O)OC(C)(C)C)N2CC(OCCCCCc3ccc4c(n3)NCCC4)C2)c1N. The fourth-order valence-electron chi connectivity index (χ4n) is 5.93. The zero-order valence-corrected chi connectivity index (χ0v) is 28.7. The van der Waals surface area contributed by atoms with Crippen molar-refractivity contribution in [3.63, 3.8) is 0 Å². The van der Waals surface area contributed by atoms with E-state index in [-0.39, 0.29) is 12.1 Å². The molecular formula is C37H58N4O3. The lowest BCUT2D eigenvalue weighted by atomic mass is 9.90. The summed E-state index contributed by atoms with van der Waals surface area (Å²) in [5, 5.41) is 3.43. The number of likely N-dealkylation sites (tertiary alicyclic amines) is 1. The predicted molar refractivity (Wildman–Crippen MR) is 184 cm³/mol. The van der Waals surface area contributed by atoms with Gasteiger partial charge >= 0.3 is 5.97 Å². The number of hydrogen-bond acceptors (Lipinski definition) is 7. The number of nitrogen functional groups attached to an aromatic ring is 1. The number of nitrogens with two attached hydrogens (primary N) is 1. The Balaban J connectivity index is 0.00000259. The molecule has 0 amide bonds. The first-order valence-electron chi connectivity index (χ1n) is 16.9. The number of carbonyl (C=O) groups excluding carboxylic acids is 1. The molecule has 1 saturated heterocycles. The highest BCUT2D eigenvalue weighted by Gasteiger charge is 2.41. The molecular weight excluding hydrogens is 548 g/mol. The van der Waals surface area contributed by atoms with Crippen LogP contribution in [-0.4, -0.2) is 53.8 Å². The summed E-state index contributed by atoms with van der Waals surface area (Å²) >= 11 is 0. The number of unbranched alkanes of at least 4 members (excludes halogenated alkanes) is 3. The second kappa shape index (κ2) is 17.0. The number of aryl methyl sites for hydroxylation is 3. The summed E-state index contributed by atoms with van der Waals surface area (Å²) in [6.07, 6.45) is 11.0. The standard InChI is InChI=1S/C35H52N4O3.C2H6/c1-7-8-13-24(2)30-25(3)16-19-29(31(30)36)32(34(40)42-35(4,5)6)39-22-28(23-39)41-21-11-9-10-15-27-18-17-26-14-12-20-37-33(26)38-27;1-2/h13,16-19,28,32H,7-12,14-15,20-23,36H2,1-6H3,(H,37,38);1-2H3/b24-13-;. The van der Waals surface area contributed by atoms with Crippen LogP contribution in [0.2, 0.25) is 0 Å². The fourth-order valence-corrected chi connectivity index (χ4v) is 5.93. The van der Waals surface area contributed by atoms with Gasteiger partial charge in [-0.05, 0) is 95.9 Å². The van der Waals surface area contributed by atoms with Crippen LogP contribution in [0, 0.1) is 6.92 Å². The number of anilines is 2. The zero-order chi connectivity index (χ0) is 32.3. The summed E-state index contributed by atoms with van der Waals surface area (Å²) in [5.74, 6) is 0.816. The van der Waals surface area contributed by atoms with Gasteiger partial charge in [-0.3, -0.25) is 4.90 Å². The third kappa shape index (κ3) is 9.80. The number of nitrogens with one attached hydrogen (secondary N) is 1. The first-order valence-corrected chi connectivity index (χ1v) is 16.9. The third-order valence-electron chi connectivity index (χ3n) is 8.17. The molecule has 0 aliphatic carbocycles. The molecule has 2 aliphatic heterocycles. The topological polar surface area (TPSA) is 89.7 Å². The molecule has 3 N–H and O–H groups in total. The second-order valence-corrected chi connectivity index (χ2v) is 13.0. The minimum absolute atomic E-state index is 0.112. The molecule has 1 fully saturated rings. The number of nitrogens with zero attached hydrogens (tertiary/aromatic N) is 2. The summed E-state index contributed by atoms with van der Waals surface area (Å²) in [6.45, 7) is 19.2. The molecule has 1 aromatic heterocycles. The Morgan fingerprint density at radius 3 is 2.61 bits per heavy atom. The molecule has 4 rings (SSSR count). The predicted octanol–water partition coefficient (Wildman–Crippen LogP) is 8.06. The average Bonchev–Trinajstić information content (AvgIpc) is 2.97. The van der Waals surface area contributed by atoms with E-state index in [1.165, 1.54) is 17.7 Å². The van der Waals surface area contributed by atoms with Crippen molar-refractivity contribution in [3.8, 4) is 0 Å². The van der Waals surface area contributed by atoms with E-state index < -0.39 is 11.6 Å². The maximum Gasteiger partial charge on any atom is 0.328 e. The number of aromatic nitrogens is 1. The highest BCUT2D eigenvalue weighted by atomic mass is 16.6. The fraction of sp³-hybridized carbons (Fsp3) is 0.622. The van der Waals surface area contributed by atoms with Crippen LogP contribution in [0.5, 0.6) is 0 Å². The monoisotopic (exact) mass is 606 g/mol. The second-order valence-electron chi connectivity index (χ2n) is 13.0. The van der Waals surface area contributed by atoms with E-state index in [2.05, 4.69) is 55.3 Å². The Bertz CT molecular complexity index is 1240. The lowest BCUT2D eigenvalue weighted by molar-refractivity contribution is -0.168. The van der Waals surface area contributed by atoms with Crippen LogP contribution in [-0.2, 0) is 27.1 Å². The maximum atomic E-state index is 13.5. The Morgan fingerprint density at radius 2 is 1.91 bits per heavy atom. The van der Waals surface area contributed by atoms with Gasteiger partial charge < -0.3 is 20.5 Å². The van der Waals surface area contributed by atoms with Gasteiger partial charge in [-0.25, -0.2) is 9.78 Å². The Labute approximate surface area is 267 Å². The molecule has 1 unspecified atom stereocenters. The lowest BCUT2D eigenvalue weighted by Gasteiger charge is -2.44. The van der Waals surface area contributed by atoms with Crippen molar-refractivity contribution < 1.29 is 14.3 Å². The number of benzene rings is 1. The number of allylic oxidation sites excluding steroid dienone is 2. The minimum atomic E-state index is -0.583. The smallest absolute Gasteiger partial charge is 0.328 e. The number of carbonyl (C=O) groups is 1. The van der Waals surface area contributed by atoms with E-state index in [9.17, 15) is 4.79 Å². The van der Waals surface area contributed by atoms with Crippen molar-refractivity contribution in [2.45, 2.75) is 125 Å². The molecule has 7 heteroatoms. The molecule has 244 valence electrons. The van der Waals surface area contributed by atoms with Crippen molar-refractivity contribution in [2.24, 2.45) is 0 Å². The van der Waals surface area contributed by atoms with Gasteiger partial charge in [0.1, 0.15) is 17.5 Å². The average molecular weight is 607 g/mol. The Hall–Kier alpha value is -2.90. The van der Waals surface area contributed by atoms with Gasteiger partial charge in [0.15, 0.2) is 0 Å². The quantitative estimate of drug-likeness (QED) is 0.135. The first-order chi connectivity index (χ1) is 21.1. The molecule has 44 heavy (non-hydrogen) atoms. The van der Waals surface area contributed by atoms with Gasteiger partial charge in [0.2, 0.25) is 0 Å². The van der Waals surface area contributed by atoms with Gasteiger partial charge in [0, 0.05) is 48.7 Å². The van der Waals surface area contributed by atoms with Crippen LogP contribution >= 0.6 is 0 Å². The van der Waals surface area contributed by atoms with E-state index >= 15 is 0 Å². The van der Waals surface area contributed by atoms with Crippen LogP contribution in [0.1, 0.15) is 121 Å². The molecule has 0 bridgehead atoms. The van der Waals surface area contributed by atoms with Crippen molar-refractivity contribution in [1.82, 2.24) is 9.88 Å². The van der Waals surface area contributed by atoms with E-state index in [1.54, 1.807) is 0 Å². The molecule has 2 aliphatic rings. The highest BCUT2D eigenvalue weighted by molar-refractivity contribution is 5.85. The van der Waals surface area contributed by atoms with Crippen LogP contribution in [0.3, 0.4) is 0 Å². The van der Waals surface area contributed by atoms with Crippen LogP contribution in [0.25, 0.3) is 5.57 Å². The third-order valence-corrected chi connectivity index (χ3v) is 8.17. The van der Waals surface area contributed by atoms with Crippen molar-refractivity contribution >= 4 is 23.0 Å². The van der Waals surface area contributed by atoms with Gasteiger partial charge in [-0.1, -0.05) is 57.9 Å². The molecule has 0 saturated carbocycles. The molecule has 0 spiro atoms. The van der Waals surface area contributed by atoms with Gasteiger partial charge in [-0.2, -0.15) is 0 Å². The summed E-state index contributed by atoms with van der Waals surface area (Å²) in [5.41, 5.74) is 13.5. The number of ether oxygens (including phenoxy) is 2. The molecule has 0 radical (unpaired) electrons. The molecule has 7 nitrogen and oxygen atoms in total. The Kier molecular flexibility index (Phi) is 13.7. The molecule has 1 aromatic carbocycles. The van der Waals surface area contributed by atoms with E-state index in [4.69, 9.17) is 20.2 Å². The number of esters is 1. The molecule has 3 heterocycles. The summed E-state index contributed by atoms with van der Waals surface area (Å²) in [7, 11) is 0. The lowest BCUT2D eigenvalue weighted by Crippen LogP contribution is -2.55. The van der Waals surface area contributed by atoms with E-state index in [1.807, 2.05) is 40.7 Å². The number of rotatable bonds is 13. The summed E-state index contributed by atoms with van der Waals surface area (Å²) < 4.78 is 12.1. The van der Waals surface area contributed by atoms with Crippen LogP contribution in [0.4, 0.5) is 11.5 Å². The molecule has 2 aromatic rings. The highest BCUT2D eigenvalue weighted by Crippen LogP contribution is 2.37. The zero-order valence-electron chi connectivity index (χ0n) is 28.7. The largest absolute Gasteiger partial charge is 0.459 e. The summed E-state index contributed by atoms with van der Waals surface area (Å²) in [6, 6.07) is 7.93. The summed E-state index contributed by atoms with van der Waals surface area (Å²) in [4.78, 5) is 20.5. The van der Waals surface area contributed by atoms with Crippen molar-refractivity contribution in [2.75, 3.05) is 37.3 Å². The van der Waals surface area contributed by atoms with Crippen LogP contribution < -0.4 is 11.1 Å². The van der Waals surface area contributed by atoms with Crippen molar-refractivity contribution in [3.05, 3.63) is 58.3 Å². The van der Waals surface area contributed by atoms with E-state index in [0.717, 1.165) is 86.2 Å². The first kappa shape index (κ1) is 35.6. The minimum Gasteiger partial charge on any atom is -0.459 e. The van der Waals surface area contributed by atoms with Crippen molar-refractivity contribution in [1.29, 1.82) is 0 Å². The van der Waals surface area contributed by atoms with Gasteiger partial charge in [-0.15, -0.1) is 0 Å².